The number of carbonyl (C=O) groups excluding carboxylic acids is 4. The van der Waals surface area contributed by atoms with Crippen LogP contribution in [0.2, 0.25) is 0 Å². The Hall–Kier alpha value is -5.38. The Kier molecular flexibility index (Phi) is 11.4. The largest absolute Gasteiger partial charge is 0.490 e. The van der Waals surface area contributed by atoms with Gasteiger partial charge >= 0.3 is 24.0 Å². The standard InChI is InChI=1S/C32H31NO9/c1-5-29(34)39-19-18-38-26-11-6-23(7-12-26)25-10-15-28(22(4)20-25)42-31(36)24-8-13-27(14-9-24)41-32(37)33-16-17-40-30(35)21(2)3/h5-15,20H,1-2,16-19H2,3-4H3,(H,33,37). The summed E-state index contributed by atoms with van der Waals surface area (Å²) >= 11 is 0. The molecule has 0 atom stereocenters. The van der Waals surface area contributed by atoms with Crippen LogP contribution in [0.15, 0.2) is 91.5 Å². The van der Waals surface area contributed by atoms with E-state index >= 15 is 0 Å². The molecule has 0 saturated heterocycles. The van der Waals surface area contributed by atoms with Crippen LogP contribution in [0.5, 0.6) is 17.2 Å². The molecule has 10 heteroatoms. The molecule has 218 valence electrons. The molecule has 42 heavy (non-hydrogen) atoms. The number of ether oxygens (including phenoxy) is 5. The number of rotatable bonds is 13. The fourth-order valence-corrected chi connectivity index (χ4v) is 3.43. The van der Waals surface area contributed by atoms with Crippen LogP contribution in [0.25, 0.3) is 11.1 Å². The van der Waals surface area contributed by atoms with Gasteiger partial charge in [-0.3, -0.25) is 0 Å². The molecule has 0 heterocycles. The van der Waals surface area contributed by atoms with Gasteiger partial charge in [0.15, 0.2) is 0 Å². The maximum atomic E-state index is 12.7. The molecular formula is C32H31NO9. The van der Waals surface area contributed by atoms with Gasteiger partial charge in [0.25, 0.3) is 0 Å². The maximum Gasteiger partial charge on any atom is 0.412 e. The smallest absolute Gasteiger partial charge is 0.412 e. The molecule has 0 aliphatic heterocycles. The van der Waals surface area contributed by atoms with Crippen LogP contribution in [-0.4, -0.2) is 50.4 Å². The second-order valence-electron chi connectivity index (χ2n) is 8.87. The van der Waals surface area contributed by atoms with Gasteiger partial charge in [0.2, 0.25) is 0 Å². The quantitative estimate of drug-likeness (QED) is 0.127. The number of hydrogen-bond acceptors (Lipinski definition) is 9. The van der Waals surface area contributed by atoms with Crippen molar-refractivity contribution in [3.8, 4) is 28.4 Å². The Morgan fingerprint density at radius 1 is 0.810 bits per heavy atom. The molecule has 0 spiro atoms. The summed E-state index contributed by atoms with van der Waals surface area (Å²) in [7, 11) is 0. The molecule has 0 aliphatic carbocycles. The van der Waals surface area contributed by atoms with Gasteiger partial charge in [-0.05, 0) is 79.1 Å². The summed E-state index contributed by atoms with van der Waals surface area (Å²) in [5, 5.41) is 2.45. The molecule has 0 saturated carbocycles. The van der Waals surface area contributed by atoms with E-state index in [1.165, 1.54) is 31.2 Å². The number of amides is 1. The maximum absolute atomic E-state index is 12.7. The highest BCUT2D eigenvalue weighted by Gasteiger charge is 2.13. The third-order valence-electron chi connectivity index (χ3n) is 5.58. The van der Waals surface area contributed by atoms with Crippen molar-refractivity contribution in [2.24, 2.45) is 0 Å². The lowest BCUT2D eigenvalue weighted by Gasteiger charge is -2.11. The summed E-state index contributed by atoms with van der Waals surface area (Å²) in [5.41, 5.74) is 3.16. The van der Waals surface area contributed by atoms with E-state index in [0.29, 0.717) is 11.5 Å². The van der Waals surface area contributed by atoms with Gasteiger partial charge in [-0.15, -0.1) is 0 Å². The van der Waals surface area contributed by atoms with E-state index in [1.54, 1.807) is 6.07 Å². The second-order valence-corrected chi connectivity index (χ2v) is 8.87. The van der Waals surface area contributed by atoms with Crippen LogP contribution in [-0.2, 0) is 19.1 Å². The predicted molar refractivity (Wildman–Crippen MR) is 154 cm³/mol. The van der Waals surface area contributed by atoms with Crippen LogP contribution >= 0.6 is 0 Å². The lowest BCUT2D eigenvalue weighted by Crippen LogP contribution is -2.30. The zero-order valence-corrected chi connectivity index (χ0v) is 23.3. The van der Waals surface area contributed by atoms with Crippen molar-refractivity contribution < 1.29 is 42.9 Å². The number of hydrogen-bond donors (Lipinski definition) is 1. The number of carbonyl (C=O) groups is 4. The van der Waals surface area contributed by atoms with E-state index in [9.17, 15) is 19.2 Å². The first-order valence-electron chi connectivity index (χ1n) is 12.9. The van der Waals surface area contributed by atoms with Crippen LogP contribution < -0.4 is 19.5 Å². The van der Waals surface area contributed by atoms with Gasteiger partial charge < -0.3 is 29.0 Å². The van der Waals surface area contributed by atoms with Crippen molar-refractivity contribution in [3.63, 3.8) is 0 Å². The molecule has 3 aromatic rings. The van der Waals surface area contributed by atoms with Crippen LogP contribution in [0.4, 0.5) is 4.79 Å². The second kappa shape index (κ2) is 15.4. The lowest BCUT2D eigenvalue weighted by atomic mass is 10.0. The van der Waals surface area contributed by atoms with Crippen LogP contribution in [0.1, 0.15) is 22.8 Å². The topological polar surface area (TPSA) is 126 Å². The summed E-state index contributed by atoms with van der Waals surface area (Å²) in [6.07, 6.45) is 0.361. The highest BCUT2D eigenvalue weighted by molar-refractivity contribution is 5.91. The first-order chi connectivity index (χ1) is 20.2. The summed E-state index contributed by atoms with van der Waals surface area (Å²) < 4.78 is 26.1. The van der Waals surface area contributed by atoms with Gasteiger partial charge in [0, 0.05) is 11.6 Å². The van der Waals surface area contributed by atoms with E-state index in [0.717, 1.165) is 22.8 Å². The molecule has 0 fully saturated rings. The van der Waals surface area contributed by atoms with E-state index in [4.69, 9.17) is 23.7 Å². The Labute approximate surface area is 243 Å². The highest BCUT2D eigenvalue weighted by Crippen LogP contribution is 2.28. The minimum Gasteiger partial charge on any atom is -0.490 e. The molecule has 0 radical (unpaired) electrons. The predicted octanol–water partition coefficient (Wildman–Crippen LogP) is 5.20. The average molecular weight is 574 g/mol. The van der Waals surface area contributed by atoms with E-state index in [1.807, 2.05) is 43.3 Å². The molecule has 0 bridgehead atoms. The fourth-order valence-electron chi connectivity index (χ4n) is 3.43. The summed E-state index contributed by atoms with van der Waals surface area (Å²) in [6, 6.07) is 18.8. The number of aryl methyl sites for hydroxylation is 1. The Morgan fingerprint density at radius 2 is 1.48 bits per heavy atom. The van der Waals surface area contributed by atoms with Gasteiger partial charge in [-0.2, -0.15) is 0 Å². The van der Waals surface area contributed by atoms with Crippen molar-refractivity contribution in [1.29, 1.82) is 0 Å². The van der Waals surface area contributed by atoms with Crippen LogP contribution in [0, 0.1) is 6.92 Å². The summed E-state index contributed by atoms with van der Waals surface area (Å²) in [5.74, 6) is -0.350. The van der Waals surface area contributed by atoms with E-state index < -0.39 is 24.0 Å². The number of esters is 3. The van der Waals surface area contributed by atoms with Gasteiger partial charge in [0.05, 0.1) is 12.1 Å². The van der Waals surface area contributed by atoms with Crippen molar-refractivity contribution >= 4 is 24.0 Å². The molecule has 3 rings (SSSR count). The van der Waals surface area contributed by atoms with E-state index in [-0.39, 0.29) is 43.3 Å². The SMILES string of the molecule is C=CC(=O)OCCOc1ccc(-c2ccc(OC(=O)c3ccc(OC(=O)NCCOC(=O)C(=C)C)cc3)c(C)c2)cc1. The Balaban J connectivity index is 1.49. The lowest BCUT2D eigenvalue weighted by molar-refractivity contribution is -0.139. The van der Waals surface area contributed by atoms with Crippen molar-refractivity contribution in [1.82, 2.24) is 5.32 Å². The van der Waals surface area contributed by atoms with Gasteiger partial charge in [-0.1, -0.05) is 31.4 Å². The summed E-state index contributed by atoms with van der Waals surface area (Å²) in [4.78, 5) is 47.0. The number of nitrogens with one attached hydrogen (secondary N) is 1. The third-order valence-corrected chi connectivity index (χ3v) is 5.58. The fraction of sp³-hybridized carbons (Fsp3) is 0.188. The first-order valence-corrected chi connectivity index (χ1v) is 12.9. The molecule has 0 aliphatic rings. The van der Waals surface area contributed by atoms with Gasteiger partial charge in [0.1, 0.15) is 37.1 Å². The average Bonchev–Trinajstić information content (AvgIpc) is 2.98. The minimum absolute atomic E-state index is 0.0226. The van der Waals surface area contributed by atoms with Crippen molar-refractivity contribution in [2.45, 2.75) is 13.8 Å². The Bertz CT molecular complexity index is 1440. The first kappa shape index (κ1) is 31.2. The monoisotopic (exact) mass is 573 g/mol. The molecular weight excluding hydrogens is 542 g/mol. The zero-order valence-electron chi connectivity index (χ0n) is 23.3. The van der Waals surface area contributed by atoms with E-state index in [2.05, 4.69) is 18.5 Å². The molecule has 0 unspecified atom stereocenters. The minimum atomic E-state index is -0.735. The molecule has 3 aromatic carbocycles. The molecule has 10 nitrogen and oxygen atoms in total. The third kappa shape index (κ3) is 9.67. The normalized spacial score (nSPS) is 10.1. The van der Waals surface area contributed by atoms with Crippen molar-refractivity contribution in [2.75, 3.05) is 26.4 Å². The highest BCUT2D eigenvalue weighted by atomic mass is 16.6. The summed E-state index contributed by atoms with van der Waals surface area (Å²) in [6.45, 7) is 10.6. The zero-order chi connectivity index (χ0) is 30.5. The van der Waals surface area contributed by atoms with Crippen LogP contribution in [0.3, 0.4) is 0 Å². The Morgan fingerprint density at radius 3 is 2.12 bits per heavy atom. The molecule has 0 aromatic heterocycles. The molecule has 1 amide bonds. The number of benzene rings is 3. The van der Waals surface area contributed by atoms with Crippen molar-refractivity contribution in [3.05, 3.63) is 103 Å². The molecule has 1 N–H and O–H groups in total. The van der Waals surface area contributed by atoms with Gasteiger partial charge in [-0.25, -0.2) is 19.2 Å².